The molecule has 0 saturated heterocycles. The Kier molecular flexibility index (Phi) is 5.50. The molecule has 5 heteroatoms. The van der Waals surface area contributed by atoms with E-state index in [2.05, 4.69) is 5.32 Å². The number of anilines is 1. The Balaban J connectivity index is 1.92. The Labute approximate surface area is 156 Å². The molecule has 3 rings (SSSR count). The van der Waals surface area contributed by atoms with Crippen LogP contribution in [-0.4, -0.2) is 5.91 Å². The Morgan fingerprint density at radius 1 is 0.963 bits per heavy atom. The lowest BCUT2D eigenvalue weighted by molar-refractivity contribution is -0.123. The summed E-state index contributed by atoms with van der Waals surface area (Å²) in [5.74, 6) is -2.22. The van der Waals surface area contributed by atoms with Gasteiger partial charge in [0.05, 0.1) is 0 Å². The number of ether oxygens (including phenoxy) is 1. The number of rotatable bonds is 5. The SMILES string of the molecule is Cc1ccc(C)c(NC(=O)C(Oc2ccc(F)cc2F)c2ccccc2)c1. The number of carbonyl (C=O) groups excluding carboxylic acids is 1. The maximum Gasteiger partial charge on any atom is 0.270 e. The van der Waals surface area contributed by atoms with Crippen LogP contribution >= 0.6 is 0 Å². The van der Waals surface area contributed by atoms with Crippen molar-refractivity contribution in [3.63, 3.8) is 0 Å². The molecule has 0 spiro atoms. The summed E-state index contributed by atoms with van der Waals surface area (Å²) >= 11 is 0. The molecular weight excluding hydrogens is 348 g/mol. The standard InChI is InChI=1S/C22H19F2NO2/c1-14-8-9-15(2)19(12-14)25-22(26)21(16-6-4-3-5-7-16)27-20-11-10-17(23)13-18(20)24/h3-13,21H,1-2H3,(H,25,26). The van der Waals surface area contributed by atoms with Crippen molar-refractivity contribution < 1.29 is 18.3 Å². The number of hydrogen-bond donors (Lipinski definition) is 1. The number of carbonyl (C=O) groups is 1. The summed E-state index contributed by atoms with van der Waals surface area (Å²) in [6, 6.07) is 17.5. The minimum Gasteiger partial charge on any atom is -0.473 e. The van der Waals surface area contributed by atoms with E-state index in [-0.39, 0.29) is 5.75 Å². The third-order valence-electron chi connectivity index (χ3n) is 4.13. The van der Waals surface area contributed by atoms with Crippen molar-refractivity contribution in [1.29, 1.82) is 0 Å². The Morgan fingerprint density at radius 3 is 2.41 bits per heavy atom. The van der Waals surface area contributed by atoms with Gasteiger partial charge in [0.25, 0.3) is 5.91 Å². The zero-order valence-electron chi connectivity index (χ0n) is 15.0. The first-order valence-electron chi connectivity index (χ1n) is 8.49. The van der Waals surface area contributed by atoms with Gasteiger partial charge in [-0.1, -0.05) is 42.5 Å². The fourth-order valence-electron chi connectivity index (χ4n) is 2.67. The summed E-state index contributed by atoms with van der Waals surface area (Å²) in [6.45, 7) is 3.81. The van der Waals surface area contributed by atoms with Crippen molar-refractivity contribution >= 4 is 11.6 Å². The molecule has 0 saturated carbocycles. The van der Waals surface area contributed by atoms with Crippen LogP contribution in [0.1, 0.15) is 22.8 Å². The summed E-state index contributed by atoms with van der Waals surface area (Å²) in [7, 11) is 0. The van der Waals surface area contributed by atoms with Crippen molar-refractivity contribution in [3.05, 3.63) is 95.1 Å². The topological polar surface area (TPSA) is 38.3 Å². The number of benzene rings is 3. The molecule has 1 atom stereocenters. The van der Waals surface area contributed by atoms with Crippen LogP contribution in [0.4, 0.5) is 14.5 Å². The second-order valence-corrected chi connectivity index (χ2v) is 6.29. The molecule has 0 heterocycles. The third kappa shape index (κ3) is 4.50. The smallest absolute Gasteiger partial charge is 0.270 e. The molecule has 0 aliphatic rings. The van der Waals surface area contributed by atoms with Crippen molar-refractivity contribution in [1.82, 2.24) is 0 Å². The van der Waals surface area contributed by atoms with Crippen LogP contribution < -0.4 is 10.1 Å². The molecule has 0 radical (unpaired) electrons. The van der Waals surface area contributed by atoms with Gasteiger partial charge >= 0.3 is 0 Å². The van der Waals surface area contributed by atoms with Crippen molar-refractivity contribution in [2.24, 2.45) is 0 Å². The molecule has 3 aromatic rings. The van der Waals surface area contributed by atoms with Crippen molar-refractivity contribution in [3.8, 4) is 5.75 Å². The van der Waals surface area contributed by atoms with Gasteiger partial charge in [0.1, 0.15) is 5.82 Å². The van der Waals surface area contributed by atoms with Crippen LogP contribution in [0, 0.1) is 25.5 Å². The van der Waals surface area contributed by atoms with E-state index in [1.165, 1.54) is 6.07 Å². The molecule has 1 unspecified atom stereocenters. The monoisotopic (exact) mass is 367 g/mol. The highest BCUT2D eigenvalue weighted by Gasteiger charge is 2.24. The average Bonchev–Trinajstić information content (AvgIpc) is 2.64. The fraction of sp³-hybridized carbons (Fsp3) is 0.136. The van der Waals surface area contributed by atoms with Crippen LogP contribution in [0.2, 0.25) is 0 Å². The lowest BCUT2D eigenvalue weighted by atomic mass is 10.1. The normalized spacial score (nSPS) is 11.7. The summed E-state index contributed by atoms with van der Waals surface area (Å²) < 4.78 is 32.8. The van der Waals surface area contributed by atoms with Gasteiger partial charge in [-0.25, -0.2) is 8.78 Å². The predicted molar refractivity (Wildman–Crippen MR) is 101 cm³/mol. The van der Waals surface area contributed by atoms with E-state index >= 15 is 0 Å². The first-order valence-corrected chi connectivity index (χ1v) is 8.49. The molecule has 0 aliphatic carbocycles. The number of aryl methyl sites for hydroxylation is 2. The highest BCUT2D eigenvalue weighted by molar-refractivity contribution is 5.95. The van der Waals surface area contributed by atoms with Gasteiger partial charge in [-0.05, 0) is 43.2 Å². The van der Waals surface area contributed by atoms with Gasteiger partial charge < -0.3 is 10.1 Å². The average molecular weight is 367 g/mol. The van der Waals surface area contributed by atoms with Crippen LogP contribution in [0.5, 0.6) is 5.75 Å². The first-order chi connectivity index (χ1) is 12.9. The van der Waals surface area contributed by atoms with E-state index in [1.54, 1.807) is 24.3 Å². The van der Waals surface area contributed by atoms with Crippen molar-refractivity contribution in [2.45, 2.75) is 20.0 Å². The molecule has 0 fully saturated rings. The predicted octanol–water partition coefficient (Wildman–Crippen LogP) is 5.34. The number of amides is 1. The van der Waals surface area contributed by atoms with Gasteiger partial charge in [-0.15, -0.1) is 0 Å². The van der Waals surface area contributed by atoms with E-state index in [1.807, 2.05) is 38.1 Å². The zero-order valence-corrected chi connectivity index (χ0v) is 15.0. The maximum atomic E-state index is 14.0. The molecule has 0 aliphatic heterocycles. The molecule has 1 amide bonds. The highest BCUT2D eigenvalue weighted by Crippen LogP contribution is 2.27. The number of nitrogens with one attached hydrogen (secondary N) is 1. The Hall–Kier alpha value is -3.21. The van der Waals surface area contributed by atoms with Crippen LogP contribution in [0.25, 0.3) is 0 Å². The number of halogens is 2. The molecule has 138 valence electrons. The fourth-order valence-corrected chi connectivity index (χ4v) is 2.67. The minimum atomic E-state index is -1.09. The van der Waals surface area contributed by atoms with E-state index in [0.29, 0.717) is 11.3 Å². The Bertz CT molecular complexity index is 958. The molecule has 3 nitrogen and oxygen atoms in total. The first kappa shape index (κ1) is 18.6. The molecular formula is C22H19F2NO2. The highest BCUT2D eigenvalue weighted by atomic mass is 19.1. The molecule has 27 heavy (non-hydrogen) atoms. The molecule has 3 aromatic carbocycles. The van der Waals surface area contributed by atoms with E-state index < -0.39 is 23.6 Å². The lowest BCUT2D eigenvalue weighted by Crippen LogP contribution is -2.26. The molecule has 0 bridgehead atoms. The summed E-state index contributed by atoms with van der Waals surface area (Å²) in [5.41, 5.74) is 3.11. The largest absolute Gasteiger partial charge is 0.473 e. The van der Waals surface area contributed by atoms with Crippen molar-refractivity contribution in [2.75, 3.05) is 5.32 Å². The lowest BCUT2D eigenvalue weighted by Gasteiger charge is -2.20. The van der Waals surface area contributed by atoms with Gasteiger partial charge in [0.2, 0.25) is 6.10 Å². The van der Waals surface area contributed by atoms with Gasteiger partial charge in [0.15, 0.2) is 11.6 Å². The van der Waals surface area contributed by atoms with Crippen LogP contribution in [-0.2, 0) is 4.79 Å². The van der Waals surface area contributed by atoms with Gasteiger partial charge in [-0.2, -0.15) is 0 Å². The zero-order chi connectivity index (χ0) is 19.4. The summed E-state index contributed by atoms with van der Waals surface area (Å²) in [5, 5.41) is 2.84. The van der Waals surface area contributed by atoms with E-state index in [9.17, 15) is 13.6 Å². The quantitative estimate of drug-likeness (QED) is 0.661. The minimum absolute atomic E-state index is 0.193. The van der Waals surface area contributed by atoms with Crippen LogP contribution in [0.15, 0.2) is 66.7 Å². The molecule has 0 aromatic heterocycles. The van der Waals surface area contributed by atoms with Gasteiger partial charge in [-0.3, -0.25) is 4.79 Å². The number of hydrogen-bond acceptors (Lipinski definition) is 2. The maximum absolute atomic E-state index is 14.0. The van der Waals surface area contributed by atoms with E-state index in [4.69, 9.17) is 4.74 Å². The van der Waals surface area contributed by atoms with Gasteiger partial charge in [0, 0.05) is 17.3 Å². The third-order valence-corrected chi connectivity index (χ3v) is 4.13. The second-order valence-electron chi connectivity index (χ2n) is 6.29. The summed E-state index contributed by atoms with van der Waals surface area (Å²) in [4.78, 5) is 12.9. The van der Waals surface area contributed by atoms with E-state index in [0.717, 1.165) is 23.3 Å². The molecule has 1 N–H and O–H groups in total. The second kappa shape index (κ2) is 7.99. The summed E-state index contributed by atoms with van der Waals surface area (Å²) in [6.07, 6.45) is -1.09. The van der Waals surface area contributed by atoms with Crippen LogP contribution in [0.3, 0.4) is 0 Å². The Morgan fingerprint density at radius 2 is 1.70 bits per heavy atom.